The molecule has 1 aromatic rings. The maximum absolute atomic E-state index is 5.24. The van der Waals surface area contributed by atoms with Crippen LogP contribution < -0.4 is 10.1 Å². The Morgan fingerprint density at radius 2 is 2.00 bits per heavy atom. The van der Waals surface area contributed by atoms with Crippen molar-refractivity contribution >= 4 is 0 Å². The third kappa shape index (κ3) is 2.50. The minimum Gasteiger partial charge on any atom is -0.480 e. The summed E-state index contributed by atoms with van der Waals surface area (Å²) in [5, 5.41) is 3.58. The van der Waals surface area contributed by atoms with Gasteiger partial charge in [-0.25, -0.2) is 4.98 Å². The molecule has 1 heterocycles. The first kappa shape index (κ1) is 11.3. The Kier molecular flexibility index (Phi) is 3.39. The molecule has 1 aliphatic carbocycles. The molecule has 0 bridgehead atoms. The minimum absolute atomic E-state index is 0.309. The van der Waals surface area contributed by atoms with Gasteiger partial charge in [0.05, 0.1) is 7.11 Å². The molecule has 1 aromatic heterocycles. The fraction of sp³-hybridized carbons (Fsp3) is 0.667. The molecule has 4 heteroatoms. The van der Waals surface area contributed by atoms with E-state index in [0.29, 0.717) is 23.9 Å². The van der Waals surface area contributed by atoms with Crippen LogP contribution in [-0.4, -0.2) is 29.2 Å². The second-order valence-electron chi connectivity index (χ2n) is 4.47. The number of hydrogen-bond acceptors (Lipinski definition) is 4. The third-order valence-electron chi connectivity index (χ3n) is 3.14. The summed E-state index contributed by atoms with van der Waals surface area (Å²) in [6, 6.07) is 1.11. The maximum Gasteiger partial charge on any atom is 0.235 e. The Labute approximate surface area is 96.4 Å². The molecule has 1 N–H and O–H groups in total. The molecule has 0 spiro atoms. The molecule has 88 valence electrons. The molecule has 4 nitrogen and oxygen atoms in total. The second kappa shape index (κ2) is 4.78. The number of methoxy groups -OCH3 is 1. The molecule has 1 saturated carbocycles. The van der Waals surface area contributed by atoms with Crippen LogP contribution in [0.15, 0.2) is 12.4 Å². The summed E-state index contributed by atoms with van der Waals surface area (Å²) in [5.74, 6) is 0.948. The largest absolute Gasteiger partial charge is 0.480 e. The SMILES string of the molecule is COc1nccnc1C(C)C(C)NC1CC1. The fourth-order valence-corrected chi connectivity index (χ4v) is 1.81. The van der Waals surface area contributed by atoms with Crippen LogP contribution in [0.4, 0.5) is 0 Å². The van der Waals surface area contributed by atoms with E-state index in [1.54, 1.807) is 19.5 Å². The molecule has 1 fully saturated rings. The quantitative estimate of drug-likeness (QED) is 0.822. The van der Waals surface area contributed by atoms with Gasteiger partial charge in [0.25, 0.3) is 0 Å². The van der Waals surface area contributed by atoms with Gasteiger partial charge < -0.3 is 10.1 Å². The molecule has 2 atom stereocenters. The lowest BCUT2D eigenvalue weighted by molar-refractivity contribution is 0.375. The molecule has 0 aromatic carbocycles. The van der Waals surface area contributed by atoms with Crippen molar-refractivity contribution in [1.29, 1.82) is 0 Å². The summed E-state index contributed by atoms with van der Waals surface area (Å²) in [6.45, 7) is 4.35. The molecule has 1 aliphatic rings. The highest BCUT2D eigenvalue weighted by molar-refractivity contribution is 5.22. The molecule has 0 amide bonds. The molecule has 2 rings (SSSR count). The average Bonchev–Trinajstić information content (AvgIpc) is 3.11. The van der Waals surface area contributed by atoms with Gasteiger partial charge >= 0.3 is 0 Å². The van der Waals surface area contributed by atoms with Crippen LogP contribution in [0.3, 0.4) is 0 Å². The van der Waals surface area contributed by atoms with E-state index in [-0.39, 0.29) is 0 Å². The van der Waals surface area contributed by atoms with Crippen molar-refractivity contribution in [2.45, 2.75) is 44.7 Å². The highest BCUT2D eigenvalue weighted by atomic mass is 16.5. The van der Waals surface area contributed by atoms with Gasteiger partial charge in [-0.05, 0) is 19.8 Å². The predicted octanol–water partition coefficient (Wildman–Crippen LogP) is 1.73. The lowest BCUT2D eigenvalue weighted by atomic mass is 9.99. The van der Waals surface area contributed by atoms with Crippen LogP contribution in [0.5, 0.6) is 5.88 Å². The van der Waals surface area contributed by atoms with Crippen molar-refractivity contribution in [3.05, 3.63) is 18.1 Å². The third-order valence-corrected chi connectivity index (χ3v) is 3.14. The van der Waals surface area contributed by atoms with Crippen molar-refractivity contribution in [3.63, 3.8) is 0 Å². The summed E-state index contributed by atoms with van der Waals surface area (Å²) in [4.78, 5) is 8.55. The van der Waals surface area contributed by atoms with Crippen molar-refractivity contribution in [3.8, 4) is 5.88 Å². The molecule has 2 unspecified atom stereocenters. The predicted molar refractivity (Wildman–Crippen MR) is 62.6 cm³/mol. The first-order valence-electron chi connectivity index (χ1n) is 5.83. The molecule has 16 heavy (non-hydrogen) atoms. The van der Waals surface area contributed by atoms with Gasteiger partial charge in [0.15, 0.2) is 0 Å². The summed E-state index contributed by atoms with van der Waals surface area (Å²) in [5.41, 5.74) is 0.936. The van der Waals surface area contributed by atoms with E-state index in [4.69, 9.17) is 4.74 Å². The number of hydrogen-bond donors (Lipinski definition) is 1. The lowest BCUT2D eigenvalue weighted by Crippen LogP contribution is -2.33. The molecular formula is C12H19N3O. The zero-order chi connectivity index (χ0) is 11.5. The highest BCUT2D eigenvalue weighted by Crippen LogP contribution is 2.27. The van der Waals surface area contributed by atoms with E-state index in [1.807, 2.05) is 0 Å². The van der Waals surface area contributed by atoms with Gasteiger partial charge in [0, 0.05) is 30.4 Å². The smallest absolute Gasteiger partial charge is 0.235 e. The Balaban J connectivity index is 2.08. The number of aromatic nitrogens is 2. The van der Waals surface area contributed by atoms with E-state index in [2.05, 4.69) is 29.1 Å². The Bertz CT molecular complexity index is 352. The van der Waals surface area contributed by atoms with E-state index in [1.165, 1.54) is 12.8 Å². The van der Waals surface area contributed by atoms with Crippen LogP contribution in [0.2, 0.25) is 0 Å². The summed E-state index contributed by atoms with van der Waals surface area (Å²) >= 11 is 0. The molecule has 0 radical (unpaired) electrons. The van der Waals surface area contributed by atoms with Crippen LogP contribution in [-0.2, 0) is 0 Å². The summed E-state index contributed by atoms with van der Waals surface area (Å²) in [6.07, 6.45) is 5.98. The zero-order valence-corrected chi connectivity index (χ0v) is 10.1. The lowest BCUT2D eigenvalue weighted by Gasteiger charge is -2.21. The Hall–Kier alpha value is -1.16. The van der Waals surface area contributed by atoms with Crippen molar-refractivity contribution in [1.82, 2.24) is 15.3 Å². The number of nitrogens with zero attached hydrogens (tertiary/aromatic N) is 2. The number of nitrogens with one attached hydrogen (secondary N) is 1. The van der Waals surface area contributed by atoms with Gasteiger partial charge in [-0.2, -0.15) is 0 Å². The standard InChI is InChI=1S/C12H19N3O/c1-8(9(2)15-10-4-5-10)11-12(16-3)14-7-6-13-11/h6-10,15H,4-5H2,1-3H3. The van der Waals surface area contributed by atoms with Crippen molar-refractivity contribution in [2.75, 3.05) is 7.11 Å². The first-order chi connectivity index (χ1) is 7.72. The second-order valence-corrected chi connectivity index (χ2v) is 4.47. The Morgan fingerprint density at radius 3 is 2.62 bits per heavy atom. The van der Waals surface area contributed by atoms with Gasteiger partial charge in [-0.1, -0.05) is 6.92 Å². The van der Waals surface area contributed by atoms with Crippen LogP contribution >= 0.6 is 0 Å². The van der Waals surface area contributed by atoms with Gasteiger partial charge in [0.2, 0.25) is 5.88 Å². The maximum atomic E-state index is 5.24. The van der Waals surface area contributed by atoms with E-state index < -0.39 is 0 Å². The van der Waals surface area contributed by atoms with Crippen molar-refractivity contribution < 1.29 is 4.74 Å². The van der Waals surface area contributed by atoms with Gasteiger partial charge in [-0.15, -0.1) is 0 Å². The molecule has 0 saturated heterocycles. The normalized spacial score (nSPS) is 19.2. The van der Waals surface area contributed by atoms with Gasteiger partial charge in [0.1, 0.15) is 5.69 Å². The number of rotatable bonds is 5. The van der Waals surface area contributed by atoms with E-state index >= 15 is 0 Å². The van der Waals surface area contributed by atoms with Crippen LogP contribution in [0.1, 0.15) is 38.3 Å². The van der Waals surface area contributed by atoms with Crippen LogP contribution in [0, 0.1) is 0 Å². The summed E-state index contributed by atoms with van der Waals surface area (Å²) < 4.78 is 5.24. The topological polar surface area (TPSA) is 47.0 Å². The first-order valence-corrected chi connectivity index (χ1v) is 5.83. The van der Waals surface area contributed by atoms with Crippen molar-refractivity contribution in [2.24, 2.45) is 0 Å². The van der Waals surface area contributed by atoms with E-state index in [9.17, 15) is 0 Å². The monoisotopic (exact) mass is 221 g/mol. The number of ether oxygens (including phenoxy) is 1. The highest BCUT2D eigenvalue weighted by Gasteiger charge is 2.27. The minimum atomic E-state index is 0.309. The van der Waals surface area contributed by atoms with Gasteiger partial charge in [-0.3, -0.25) is 4.98 Å². The fourth-order valence-electron chi connectivity index (χ4n) is 1.81. The molecular weight excluding hydrogens is 202 g/mol. The Morgan fingerprint density at radius 1 is 1.31 bits per heavy atom. The summed E-state index contributed by atoms with van der Waals surface area (Å²) in [7, 11) is 1.64. The molecule has 0 aliphatic heterocycles. The zero-order valence-electron chi connectivity index (χ0n) is 10.1. The van der Waals surface area contributed by atoms with Crippen LogP contribution in [0.25, 0.3) is 0 Å². The van der Waals surface area contributed by atoms with E-state index in [0.717, 1.165) is 5.69 Å². The average molecular weight is 221 g/mol.